The number of nitrogens with zero attached hydrogens (tertiary/aromatic N) is 5. The molecule has 4 aromatic rings. The number of aromatic nitrogens is 5. The Kier molecular flexibility index (Phi) is 3.50. The molecule has 8 nitrogen and oxygen atoms in total. The van der Waals surface area contributed by atoms with Crippen LogP contribution in [0, 0.1) is 6.92 Å². The van der Waals surface area contributed by atoms with E-state index in [9.17, 15) is 4.79 Å². The van der Waals surface area contributed by atoms with Crippen molar-refractivity contribution in [3.8, 4) is 11.3 Å². The average molecular weight is 334 g/mol. The van der Waals surface area contributed by atoms with Crippen molar-refractivity contribution < 1.29 is 9.21 Å². The second-order valence-electron chi connectivity index (χ2n) is 5.60. The number of imidazole rings is 1. The molecule has 0 atom stereocenters. The topological polar surface area (TPSA) is 98.7 Å². The van der Waals surface area contributed by atoms with Gasteiger partial charge in [-0.1, -0.05) is 6.07 Å². The highest BCUT2D eigenvalue weighted by molar-refractivity contribution is 6.02. The van der Waals surface area contributed by atoms with Gasteiger partial charge in [-0.3, -0.25) is 4.79 Å². The Balaban J connectivity index is 1.67. The van der Waals surface area contributed by atoms with E-state index in [2.05, 4.69) is 25.5 Å². The maximum atomic E-state index is 12.1. The Morgan fingerprint density at radius 1 is 1.24 bits per heavy atom. The second kappa shape index (κ2) is 5.82. The van der Waals surface area contributed by atoms with Crippen molar-refractivity contribution in [2.75, 3.05) is 5.32 Å². The summed E-state index contributed by atoms with van der Waals surface area (Å²) in [7, 11) is 1.93. The van der Waals surface area contributed by atoms with E-state index in [4.69, 9.17) is 4.42 Å². The quantitative estimate of drug-likeness (QED) is 0.618. The molecule has 1 N–H and O–H groups in total. The highest BCUT2D eigenvalue weighted by Crippen LogP contribution is 2.24. The predicted molar refractivity (Wildman–Crippen MR) is 90.9 cm³/mol. The van der Waals surface area contributed by atoms with E-state index in [1.54, 1.807) is 25.5 Å². The molecule has 0 aliphatic carbocycles. The standard InChI is InChI=1S/C17H14N6O2/c1-10-19-14(8-25-10)17(24)20-16-6-12-5-11(3-4-13(12)21-22-16)15-7-18-9-23(15)2/h3-9H,1-2H3,(H,20,22,24). The molecule has 0 fully saturated rings. The normalized spacial score (nSPS) is 11.0. The predicted octanol–water partition coefficient (Wildman–Crippen LogP) is 2.58. The van der Waals surface area contributed by atoms with Gasteiger partial charge in [0.15, 0.2) is 17.4 Å². The van der Waals surface area contributed by atoms with Gasteiger partial charge in [0.2, 0.25) is 0 Å². The molecular weight excluding hydrogens is 320 g/mol. The molecule has 0 saturated heterocycles. The van der Waals surface area contributed by atoms with Crippen molar-refractivity contribution in [1.82, 2.24) is 24.7 Å². The lowest BCUT2D eigenvalue weighted by Gasteiger charge is -2.06. The van der Waals surface area contributed by atoms with E-state index in [0.29, 0.717) is 11.7 Å². The van der Waals surface area contributed by atoms with Crippen molar-refractivity contribution in [2.24, 2.45) is 7.05 Å². The number of anilines is 1. The Bertz CT molecular complexity index is 1080. The van der Waals surface area contributed by atoms with Crippen LogP contribution in [0.5, 0.6) is 0 Å². The number of amides is 1. The fraction of sp³-hybridized carbons (Fsp3) is 0.118. The number of rotatable bonds is 3. The lowest BCUT2D eigenvalue weighted by Crippen LogP contribution is -2.13. The smallest absolute Gasteiger partial charge is 0.278 e. The minimum Gasteiger partial charge on any atom is -0.448 e. The number of aryl methyl sites for hydroxylation is 2. The molecule has 25 heavy (non-hydrogen) atoms. The van der Waals surface area contributed by atoms with Gasteiger partial charge in [0, 0.05) is 24.9 Å². The Morgan fingerprint density at radius 2 is 2.12 bits per heavy atom. The van der Waals surface area contributed by atoms with E-state index < -0.39 is 5.91 Å². The van der Waals surface area contributed by atoms with E-state index >= 15 is 0 Å². The first-order chi connectivity index (χ1) is 12.1. The van der Waals surface area contributed by atoms with Gasteiger partial charge in [-0.25, -0.2) is 9.97 Å². The first kappa shape index (κ1) is 15.0. The summed E-state index contributed by atoms with van der Waals surface area (Å²) in [5, 5.41) is 11.7. The molecule has 3 aromatic heterocycles. The zero-order valence-electron chi connectivity index (χ0n) is 13.6. The Morgan fingerprint density at radius 3 is 2.84 bits per heavy atom. The SMILES string of the molecule is Cc1nc(C(=O)Nc2cc3cc(-c4cncn4C)ccc3nn2)co1. The summed E-state index contributed by atoms with van der Waals surface area (Å²) in [4.78, 5) is 20.3. The van der Waals surface area contributed by atoms with Crippen LogP contribution < -0.4 is 5.32 Å². The number of nitrogens with one attached hydrogen (secondary N) is 1. The molecule has 124 valence electrons. The molecule has 0 bridgehead atoms. The van der Waals surface area contributed by atoms with Crippen molar-refractivity contribution >= 4 is 22.6 Å². The molecule has 1 amide bonds. The molecule has 0 aliphatic heterocycles. The maximum absolute atomic E-state index is 12.1. The first-order valence-corrected chi connectivity index (χ1v) is 7.58. The van der Waals surface area contributed by atoms with Crippen LogP contribution >= 0.6 is 0 Å². The van der Waals surface area contributed by atoms with Gasteiger partial charge in [0.25, 0.3) is 5.91 Å². The van der Waals surface area contributed by atoms with Crippen molar-refractivity contribution in [1.29, 1.82) is 0 Å². The van der Waals surface area contributed by atoms with Gasteiger partial charge in [-0.05, 0) is 18.2 Å². The number of hydrogen-bond donors (Lipinski definition) is 1. The van der Waals surface area contributed by atoms with Crippen molar-refractivity contribution in [3.63, 3.8) is 0 Å². The Hall–Kier alpha value is -3.55. The third-order valence-electron chi connectivity index (χ3n) is 3.79. The van der Waals surface area contributed by atoms with Crippen molar-refractivity contribution in [2.45, 2.75) is 6.92 Å². The van der Waals surface area contributed by atoms with E-state index in [-0.39, 0.29) is 5.69 Å². The number of hydrogen-bond acceptors (Lipinski definition) is 6. The van der Waals surface area contributed by atoms with Gasteiger partial charge >= 0.3 is 0 Å². The summed E-state index contributed by atoms with van der Waals surface area (Å²) in [5.74, 6) is 0.379. The first-order valence-electron chi connectivity index (χ1n) is 7.58. The lowest BCUT2D eigenvalue weighted by molar-refractivity contribution is 0.102. The second-order valence-corrected chi connectivity index (χ2v) is 5.60. The highest BCUT2D eigenvalue weighted by atomic mass is 16.3. The number of fused-ring (bicyclic) bond motifs is 1. The number of carbonyl (C=O) groups excluding carboxylic acids is 1. The Labute approximate surface area is 142 Å². The summed E-state index contributed by atoms with van der Waals surface area (Å²) in [6.07, 6.45) is 4.85. The molecule has 0 spiro atoms. The minimum absolute atomic E-state index is 0.197. The summed E-state index contributed by atoms with van der Waals surface area (Å²) >= 11 is 0. The van der Waals surface area contributed by atoms with Gasteiger partial charge in [0.05, 0.1) is 23.7 Å². The largest absolute Gasteiger partial charge is 0.448 e. The van der Waals surface area contributed by atoms with Crippen LogP contribution in [0.25, 0.3) is 22.2 Å². The summed E-state index contributed by atoms with van der Waals surface area (Å²) in [5.41, 5.74) is 2.93. The number of oxazole rings is 1. The minimum atomic E-state index is -0.395. The number of benzene rings is 1. The highest BCUT2D eigenvalue weighted by Gasteiger charge is 2.12. The van der Waals surface area contributed by atoms with E-state index in [0.717, 1.165) is 22.2 Å². The zero-order chi connectivity index (χ0) is 17.4. The fourth-order valence-electron chi connectivity index (χ4n) is 2.55. The fourth-order valence-corrected chi connectivity index (χ4v) is 2.55. The van der Waals surface area contributed by atoms with Gasteiger partial charge in [-0.15, -0.1) is 10.2 Å². The van der Waals surface area contributed by atoms with Crippen LogP contribution in [0.4, 0.5) is 5.82 Å². The maximum Gasteiger partial charge on any atom is 0.278 e. The number of carbonyl (C=O) groups is 1. The summed E-state index contributed by atoms with van der Waals surface area (Å²) in [6.45, 7) is 1.67. The third-order valence-corrected chi connectivity index (χ3v) is 3.79. The molecular formula is C17H14N6O2. The van der Waals surface area contributed by atoms with Crippen LogP contribution in [0.3, 0.4) is 0 Å². The summed E-state index contributed by atoms with van der Waals surface area (Å²) in [6, 6.07) is 7.60. The lowest BCUT2D eigenvalue weighted by atomic mass is 10.1. The zero-order valence-corrected chi connectivity index (χ0v) is 13.6. The molecule has 8 heteroatoms. The molecule has 3 heterocycles. The molecule has 0 saturated carbocycles. The van der Waals surface area contributed by atoms with Gasteiger partial charge in [-0.2, -0.15) is 0 Å². The van der Waals surface area contributed by atoms with Gasteiger partial charge in [0.1, 0.15) is 6.26 Å². The molecule has 0 unspecified atom stereocenters. The average Bonchev–Trinajstić information content (AvgIpc) is 3.22. The van der Waals surface area contributed by atoms with E-state index in [1.165, 1.54) is 6.26 Å². The monoisotopic (exact) mass is 334 g/mol. The van der Waals surface area contributed by atoms with Crippen molar-refractivity contribution in [3.05, 3.63) is 54.6 Å². The van der Waals surface area contributed by atoms with E-state index in [1.807, 2.05) is 29.8 Å². The summed E-state index contributed by atoms with van der Waals surface area (Å²) < 4.78 is 6.98. The van der Waals surface area contributed by atoms with Crippen LogP contribution in [-0.4, -0.2) is 30.6 Å². The van der Waals surface area contributed by atoms with Crippen LogP contribution in [0.15, 0.2) is 47.5 Å². The van der Waals surface area contributed by atoms with Crippen LogP contribution in [0.1, 0.15) is 16.4 Å². The molecule has 1 aromatic carbocycles. The van der Waals surface area contributed by atoms with Gasteiger partial charge < -0.3 is 14.3 Å². The molecule has 4 rings (SSSR count). The third kappa shape index (κ3) is 2.85. The molecule has 0 radical (unpaired) electrons. The molecule has 0 aliphatic rings. The van der Waals surface area contributed by atoms with Crippen LogP contribution in [0.2, 0.25) is 0 Å². The van der Waals surface area contributed by atoms with Crippen LogP contribution in [-0.2, 0) is 7.05 Å².